The van der Waals surface area contributed by atoms with Crippen molar-refractivity contribution < 1.29 is 14.0 Å². The maximum Gasteiger partial charge on any atom is 0.256 e. The number of nitrogens with zero attached hydrogens (tertiary/aromatic N) is 3. The summed E-state index contributed by atoms with van der Waals surface area (Å²) in [5.41, 5.74) is 3.59. The Morgan fingerprint density at radius 3 is 2.54 bits per heavy atom. The molecular weight excluding hydrogens is 438 g/mol. The zero-order valence-corrected chi connectivity index (χ0v) is 19.8. The Labute approximate surface area is 204 Å². The molecule has 0 radical (unpaired) electrons. The van der Waals surface area contributed by atoms with Gasteiger partial charge in [-0.1, -0.05) is 30.3 Å². The number of furan rings is 1. The van der Waals surface area contributed by atoms with Gasteiger partial charge in [-0.2, -0.15) is 0 Å². The normalized spacial score (nSPS) is 23.3. The molecule has 178 valence electrons. The number of hydrogen-bond donors (Lipinski definition) is 0. The molecular formula is C29H29N3O3. The van der Waals surface area contributed by atoms with Gasteiger partial charge in [-0.15, -0.1) is 0 Å². The Balaban J connectivity index is 1.12. The summed E-state index contributed by atoms with van der Waals surface area (Å²) in [5, 5.41) is 1.08. The van der Waals surface area contributed by atoms with Crippen LogP contribution in [0.1, 0.15) is 44.1 Å². The fourth-order valence-corrected chi connectivity index (χ4v) is 5.71. The van der Waals surface area contributed by atoms with Crippen molar-refractivity contribution in [3.8, 4) is 11.1 Å². The van der Waals surface area contributed by atoms with E-state index in [9.17, 15) is 9.59 Å². The van der Waals surface area contributed by atoms with Gasteiger partial charge >= 0.3 is 0 Å². The summed E-state index contributed by atoms with van der Waals surface area (Å²) in [6.07, 6.45) is 7.53. The average Bonchev–Trinajstić information content (AvgIpc) is 3.81. The van der Waals surface area contributed by atoms with Crippen molar-refractivity contribution in [3.63, 3.8) is 0 Å². The van der Waals surface area contributed by atoms with Gasteiger partial charge in [-0.25, -0.2) is 0 Å². The third kappa shape index (κ3) is 3.67. The summed E-state index contributed by atoms with van der Waals surface area (Å²) >= 11 is 0. The van der Waals surface area contributed by atoms with Gasteiger partial charge < -0.3 is 9.32 Å². The first-order chi connectivity index (χ1) is 17.1. The Kier molecular flexibility index (Phi) is 4.66. The molecule has 4 aliphatic rings. The molecule has 1 atom stereocenters. The second kappa shape index (κ2) is 7.80. The minimum absolute atomic E-state index is 0.146. The Bertz CT molecular complexity index is 1350. The Morgan fingerprint density at radius 2 is 1.77 bits per heavy atom. The molecule has 0 N–H and O–H groups in total. The van der Waals surface area contributed by atoms with Crippen LogP contribution in [0.25, 0.3) is 22.1 Å². The summed E-state index contributed by atoms with van der Waals surface area (Å²) in [6.45, 7) is 2.26. The number of hydrogen-bond acceptors (Lipinski definition) is 4. The minimum atomic E-state index is -0.529. The largest absolute Gasteiger partial charge is 0.464 e. The van der Waals surface area contributed by atoms with E-state index >= 15 is 0 Å². The summed E-state index contributed by atoms with van der Waals surface area (Å²) in [6, 6.07) is 16.6. The Morgan fingerprint density at radius 1 is 1.00 bits per heavy atom. The van der Waals surface area contributed by atoms with Crippen LogP contribution >= 0.6 is 0 Å². The number of amides is 2. The molecule has 0 bridgehead atoms. The SMILES string of the molecule is O=C(C1CC1)N1CCC[C@H](CN2C(=O)C3(CC3)N=C2c2ccc(-c3ccc4occc4c3)cc2)C1. The zero-order valence-electron chi connectivity index (χ0n) is 19.8. The van der Waals surface area contributed by atoms with E-state index in [4.69, 9.17) is 9.41 Å². The van der Waals surface area contributed by atoms with E-state index in [2.05, 4.69) is 36.4 Å². The summed E-state index contributed by atoms with van der Waals surface area (Å²) < 4.78 is 5.46. The van der Waals surface area contributed by atoms with E-state index in [-0.39, 0.29) is 11.8 Å². The molecule has 3 aromatic rings. The van der Waals surface area contributed by atoms with Crippen LogP contribution in [0.4, 0.5) is 0 Å². The van der Waals surface area contributed by atoms with Crippen molar-refractivity contribution in [1.29, 1.82) is 0 Å². The van der Waals surface area contributed by atoms with Gasteiger partial charge in [0.1, 0.15) is 17.0 Å². The molecule has 0 unspecified atom stereocenters. The van der Waals surface area contributed by atoms with E-state index < -0.39 is 5.54 Å². The van der Waals surface area contributed by atoms with Crippen molar-refractivity contribution in [2.24, 2.45) is 16.8 Å². The first-order valence-electron chi connectivity index (χ1n) is 12.9. The molecule has 3 fully saturated rings. The number of fused-ring (bicyclic) bond motifs is 1. The highest BCUT2D eigenvalue weighted by Crippen LogP contribution is 2.46. The van der Waals surface area contributed by atoms with Crippen molar-refractivity contribution in [2.75, 3.05) is 19.6 Å². The molecule has 3 heterocycles. The fourth-order valence-electron chi connectivity index (χ4n) is 5.71. The van der Waals surface area contributed by atoms with Gasteiger partial charge in [0, 0.05) is 36.5 Å². The van der Waals surface area contributed by atoms with Crippen molar-refractivity contribution >= 4 is 28.6 Å². The molecule has 6 heteroatoms. The number of carbonyl (C=O) groups excluding carboxylic acids is 2. The first kappa shape index (κ1) is 20.9. The highest BCUT2D eigenvalue weighted by Gasteiger charge is 2.57. The van der Waals surface area contributed by atoms with E-state index in [1.54, 1.807) is 6.26 Å². The zero-order chi connectivity index (χ0) is 23.6. The van der Waals surface area contributed by atoms with E-state index in [0.717, 1.165) is 85.1 Å². The lowest BCUT2D eigenvalue weighted by atomic mass is 9.96. The highest BCUT2D eigenvalue weighted by atomic mass is 16.3. The molecule has 6 nitrogen and oxygen atoms in total. The van der Waals surface area contributed by atoms with Crippen molar-refractivity contribution in [1.82, 2.24) is 9.80 Å². The first-order valence-corrected chi connectivity index (χ1v) is 12.9. The van der Waals surface area contributed by atoms with Crippen LogP contribution in [0, 0.1) is 11.8 Å². The minimum Gasteiger partial charge on any atom is -0.464 e. The molecule has 2 amide bonds. The Hall–Kier alpha value is -3.41. The molecule has 2 aliphatic heterocycles. The van der Waals surface area contributed by atoms with Gasteiger partial charge in [0.05, 0.1) is 6.26 Å². The predicted molar refractivity (Wildman–Crippen MR) is 134 cm³/mol. The van der Waals surface area contributed by atoms with Crippen LogP contribution in [0.2, 0.25) is 0 Å². The van der Waals surface area contributed by atoms with Crippen LogP contribution in [0.5, 0.6) is 0 Å². The topological polar surface area (TPSA) is 66.1 Å². The van der Waals surface area contributed by atoms with E-state index in [1.165, 1.54) is 0 Å². The monoisotopic (exact) mass is 467 g/mol. The van der Waals surface area contributed by atoms with Crippen LogP contribution in [-0.4, -0.2) is 52.6 Å². The summed E-state index contributed by atoms with van der Waals surface area (Å²) in [7, 11) is 0. The van der Waals surface area contributed by atoms with Crippen LogP contribution in [-0.2, 0) is 9.59 Å². The smallest absolute Gasteiger partial charge is 0.256 e. The lowest BCUT2D eigenvalue weighted by Crippen LogP contribution is -2.46. The average molecular weight is 468 g/mol. The lowest BCUT2D eigenvalue weighted by molar-refractivity contribution is -0.134. The van der Waals surface area contributed by atoms with Crippen LogP contribution in [0.3, 0.4) is 0 Å². The molecule has 2 aliphatic carbocycles. The molecule has 2 saturated carbocycles. The number of likely N-dealkylation sites (tertiary alicyclic amines) is 1. The van der Waals surface area contributed by atoms with Gasteiger partial charge in [-0.05, 0) is 73.8 Å². The van der Waals surface area contributed by atoms with Crippen molar-refractivity contribution in [2.45, 2.75) is 44.1 Å². The number of aliphatic imine (C=N–C) groups is 1. The second-order valence-electron chi connectivity index (χ2n) is 10.7. The molecule has 1 saturated heterocycles. The van der Waals surface area contributed by atoms with Crippen LogP contribution in [0.15, 0.2) is 64.2 Å². The second-order valence-corrected chi connectivity index (χ2v) is 10.7. The lowest BCUT2D eigenvalue weighted by Gasteiger charge is -2.35. The van der Waals surface area contributed by atoms with Gasteiger partial charge in [0.15, 0.2) is 0 Å². The van der Waals surface area contributed by atoms with Crippen molar-refractivity contribution in [3.05, 3.63) is 60.4 Å². The maximum atomic E-state index is 13.4. The summed E-state index contributed by atoms with van der Waals surface area (Å²) in [4.78, 5) is 34.9. The van der Waals surface area contributed by atoms with Gasteiger partial charge in [0.25, 0.3) is 5.91 Å². The quantitative estimate of drug-likeness (QED) is 0.538. The number of rotatable bonds is 5. The molecule has 1 spiro atoms. The standard InChI is InChI=1S/C29H29N3O3/c33-27(22-7-8-22)31-14-1-2-19(17-31)18-32-26(30-29(12-13-29)28(32)34)21-5-3-20(4-6-21)23-9-10-25-24(16-23)11-15-35-25/h3-6,9-11,15-16,19,22H,1-2,7-8,12-14,17-18H2/t19-/m0/s1. The number of piperidine rings is 1. The molecule has 7 rings (SSSR count). The number of amidine groups is 1. The third-order valence-corrected chi connectivity index (χ3v) is 8.07. The number of carbonyl (C=O) groups is 2. The van der Waals surface area contributed by atoms with E-state index in [0.29, 0.717) is 18.4 Å². The molecule has 35 heavy (non-hydrogen) atoms. The predicted octanol–water partition coefficient (Wildman–Crippen LogP) is 4.87. The van der Waals surface area contributed by atoms with Gasteiger partial charge in [-0.3, -0.25) is 19.5 Å². The molecule has 2 aromatic carbocycles. The van der Waals surface area contributed by atoms with Gasteiger partial charge in [0.2, 0.25) is 5.91 Å². The third-order valence-electron chi connectivity index (χ3n) is 8.07. The fraction of sp³-hybridized carbons (Fsp3) is 0.414. The summed E-state index contributed by atoms with van der Waals surface area (Å²) in [5.74, 6) is 1.82. The number of benzene rings is 2. The molecule has 1 aromatic heterocycles. The maximum absolute atomic E-state index is 13.4. The highest BCUT2D eigenvalue weighted by molar-refractivity contribution is 6.16. The van der Waals surface area contributed by atoms with E-state index in [1.807, 2.05) is 21.9 Å². The van der Waals surface area contributed by atoms with Crippen LogP contribution < -0.4 is 0 Å².